The minimum atomic E-state index is -4.21. The maximum absolute atomic E-state index is 14.9. The number of nitrogens with two attached hydrogens (primary N) is 1. The van der Waals surface area contributed by atoms with Crippen molar-refractivity contribution >= 4 is 12.2 Å². The normalized spacial score (nSPS) is 16.5. The number of rotatable bonds is 8. The molecule has 1 aliphatic rings. The molecule has 3 aromatic rings. The fourth-order valence-electron chi connectivity index (χ4n) is 4.97. The number of hydrogen-bond acceptors (Lipinski definition) is 4. The van der Waals surface area contributed by atoms with E-state index in [1.165, 1.54) is 4.90 Å². The molecule has 1 saturated heterocycles. The average molecular weight is 515 g/mol. The topological polar surface area (TPSA) is 71.2 Å². The van der Waals surface area contributed by atoms with Gasteiger partial charge in [0, 0.05) is 24.2 Å². The molecule has 1 atom stereocenters. The number of aromatic nitrogens is 1. The van der Waals surface area contributed by atoms with Crippen LogP contribution >= 0.6 is 0 Å². The first-order valence-corrected chi connectivity index (χ1v) is 12.3. The Balaban J connectivity index is 1.58. The predicted octanol–water partition coefficient (Wildman–Crippen LogP) is 5.48. The Labute approximate surface area is 213 Å². The Kier molecular flexibility index (Phi) is 8.12. The van der Waals surface area contributed by atoms with Gasteiger partial charge in [-0.3, -0.25) is 9.69 Å². The van der Waals surface area contributed by atoms with Crippen molar-refractivity contribution in [2.45, 2.75) is 38.3 Å². The number of carbonyl (C=O) groups excluding carboxylic acids is 1. The molecule has 9 heteroatoms. The molecule has 0 aliphatic carbocycles. The van der Waals surface area contributed by atoms with Crippen LogP contribution in [0.4, 0.5) is 23.4 Å². The first kappa shape index (κ1) is 26.6. The Morgan fingerprint density at radius 1 is 1.11 bits per heavy atom. The van der Waals surface area contributed by atoms with Crippen LogP contribution < -0.4 is 11.1 Å². The predicted molar refractivity (Wildman–Crippen MR) is 136 cm³/mol. The monoisotopic (exact) mass is 514 g/mol. The number of benzene rings is 2. The van der Waals surface area contributed by atoms with Crippen LogP contribution in [0.3, 0.4) is 0 Å². The van der Waals surface area contributed by atoms with E-state index < -0.39 is 18.7 Å². The Morgan fingerprint density at radius 3 is 2.54 bits per heavy atom. The third-order valence-electron chi connectivity index (χ3n) is 6.89. The lowest BCUT2D eigenvalue weighted by Gasteiger charge is -2.33. The van der Waals surface area contributed by atoms with Gasteiger partial charge in [0.25, 0.3) is 0 Å². The van der Waals surface area contributed by atoms with E-state index in [4.69, 9.17) is 5.73 Å². The fraction of sp³-hybridized carbons (Fsp3) is 0.357. The van der Waals surface area contributed by atoms with Crippen LogP contribution in [0.5, 0.6) is 0 Å². The van der Waals surface area contributed by atoms with Crippen molar-refractivity contribution in [3.05, 3.63) is 71.2 Å². The number of alkyl halides is 3. The van der Waals surface area contributed by atoms with Crippen molar-refractivity contribution in [3.8, 4) is 22.3 Å². The molecule has 0 spiro atoms. The molecule has 1 amide bonds. The van der Waals surface area contributed by atoms with Gasteiger partial charge in [-0.1, -0.05) is 42.5 Å². The number of nitrogens with zero attached hydrogens (tertiary/aromatic N) is 2. The minimum Gasteiger partial charge on any atom is -0.383 e. The number of aryl methyl sites for hydroxylation is 1. The fourth-order valence-corrected chi connectivity index (χ4v) is 4.97. The molecular weight excluding hydrogens is 484 g/mol. The Hall–Kier alpha value is -3.46. The summed E-state index contributed by atoms with van der Waals surface area (Å²) in [4.78, 5) is 16.0. The highest BCUT2D eigenvalue weighted by Gasteiger charge is 2.33. The van der Waals surface area contributed by atoms with E-state index in [-0.39, 0.29) is 11.7 Å². The molecule has 1 fully saturated rings. The lowest BCUT2D eigenvalue weighted by molar-refractivity contribution is -0.148. The molecular formula is C28H30F4N4O. The zero-order chi connectivity index (χ0) is 26.6. The van der Waals surface area contributed by atoms with Crippen molar-refractivity contribution in [2.75, 3.05) is 31.9 Å². The van der Waals surface area contributed by atoms with Crippen LogP contribution in [0.2, 0.25) is 0 Å². The number of nitrogen functional groups attached to an aromatic ring is 1. The van der Waals surface area contributed by atoms with Crippen LogP contribution in [-0.2, 0) is 11.2 Å². The van der Waals surface area contributed by atoms with Crippen molar-refractivity contribution in [1.29, 1.82) is 0 Å². The summed E-state index contributed by atoms with van der Waals surface area (Å²) in [5.41, 5.74) is 11.4. The molecule has 2 heterocycles. The van der Waals surface area contributed by atoms with Gasteiger partial charge in [-0.05, 0) is 72.5 Å². The van der Waals surface area contributed by atoms with E-state index in [0.29, 0.717) is 55.6 Å². The maximum Gasteiger partial charge on any atom is 0.401 e. The molecule has 5 nitrogen and oxygen atoms in total. The highest BCUT2D eigenvalue weighted by molar-refractivity contribution is 5.80. The van der Waals surface area contributed by atoms with Gasteiger partial charge >= 0.3 is 6.18 Å². The Bertz CT molecular complexity index is 1240. The standard InChI is InChI=1S/C28H30F4N4O/c1-18-4-5-22(13-21(18)10-11-34-17-37)25-14-24(26(29)35-27(25)33)20-8-6-19(7-9-20)23-3-2-12-36(15-23)16-28(30,31)32/h4-9,13-14,17,23H,2-3,10-12,15-16H2,1H3,(H2,33,35)(H,34,37). The number of anilines is 1. The van der Waals surface area contributed by atoms with E-state index in [9.17, 15) is 22.4 Å². The number of amides is 1. The lowest BCUT2D eigenvalue weighted by atomic mass is 9.89. The lowest BCUT2D eigenvalue weighted by Crippen LogP contribution is -2.40. The largest absolute Gasteiger partial charge is 0.401 e. The maximum atomic E-state index is 14.9. The van der Waals surface area contributed by atoms with Crippen LogP contribution in [0.15, 0.2) is 48.5 Å². The van der Waals surface area contributed by atoms with E-state index in [1.807, 2.05) is 37.3 Å². The summed E-state index contributed by atoms with van der Waals surface area (Å²) in [5, 5.41) is 2.65. The highest BCUT2D eigenvalue weighted by Crippen LogP contribution is 2.34. The zero-order valence-corrected chi connectivity index (χ0v) is 20.6. The molecule has 0 radical (unpaired) electrons. The average Bonchev–Trinajstić information content (AvgIpc) is 2.85. The van der Waals surface area contributed by atoms with Gasteiger partial charge in [-0.25, -0.2) is 4.98 Å². The van der Waals surface area contributed by atoms with Gasteiger partial charge in [0.2, 0.25) is 12.4 Å². The highest BCUT2D eigenvalue weighted by atomic mass is 19.4. The molecule has 0 saturated carbocycles. The quantitative estimate of drug-likeness (QED) is 0.181. The van der Waals surface area contributed by atoms with Crippen LogP contribution in [0, 0.1) is 12.9 Å². The van der Waals surface area contributed by atoms with Gasteiger partial charge in [0.1, 0.15) is 5.82 Å². The van der Waals surface area contributed by atoms with Crippen molar-refractivity contribution in [1.82, 2.24) is 15.2 Å². The van der Waals surface area contributed by atoms with Gasteiger partial charge < -0.3 is 11.1 Å². The summed E-state index contributed by atoms with van der Waals surface area (Å²) in [7, 11) is 0. The molecule has 4 rings (SSSR count). The van der Waals surface area contributed by atoms with Crippen LogP contribution in [0.1, 0.15) is 35.4 Å². The molecule has 1 aliphatic heterocycles. The van der Waals surface area contributed by atoms with Crippen LogP contribution in [-0.4, -0.2) is 48.6 Å². The second-order valence-corrected chi connectivity index (χ2v) is 9.53. The zero-order valence-electron chi connectivity index (χ0n) is 20.6. The number of likely N-dealkylation sites (tertiary alicyclic amines) is 1. The van der Waals surface area contributed by atoms with E-state index in [0.717, 1.165) is 28.7 Å². The minimum absolute atomic E-state index is 0.00483. The van der Waals surface area contributed by atoms with Gasteiger partial charge in [0.05, 0.1) is 6.54 Å². The van der Waals surface area contributed by atoms with E-state index >= 15 is 0 Å². The molecule has 3 N–H and O–H groups in total. The smallest absolute Gasteiger partial charge is 0.383 e. The third kappa shape index (κ3) is 6.65. The van der Waals surface area contributed by atoms with E-state index in [1.54, 1.807) is 18.2 Å². The summed E-state index contributed by atoms with van der Waals surface area (Å²) >= 11 is 0. The number of nitrogens with one attached hydrogen (secondary N) is 1. The second-order valence-electron chi connectivity index (χ2n) is 9.53. The number of carbonyl (C=O) groups is 1. The van der Waals surface area contributed by atoms with Crippen LogP contribution in [0.25, 0.3) is 22.3 Å². The first-order valence-electron chi connectivity index (χ1n) is 12.3. The molecule has 2 aromatic carbocycles. The summed E-state index contributed by atoms with van der Waals surface area (Å²) in [6, 6.07) is 14.8. The summed E-state index contributed by atoms with van der Waals surface area (Å²) in [5.74, 6) is -0.619. The summed E-state index contributed by atoms with van der Waals surface area (Å²) in [6.45, 7) is 2.36. The SMILES string of the molecule is Cc1ccc(-c2cc(-c3ccc(C4CCCN(CC(F)(F)F)C4)cc3)c(F)nc2N)cc1CCNC=O. The summed E-state index contributed by atoms with van der Waals surface area (Å²) in [6.07, 6.45) is -1.40. The van der Waals surface area contributed by atoms with Gasteiger partial charge in [-0.2, -0.15) is 17.6 Å². The molecule has 37 heavy (non-hydrogen) atoms. The molecule has 1 aromatic heterocycles. The van der Waals surface area contributed by atoms with E-state index in [2.05, 4.69) is 10.3 Å². The second kappa shape index (κ2) is 11.3. The van der Waals surface area contributed by atoms with Crippen molar-refractivity contribution in [2.24, 2.45) is 0 Å². The number of halogens is 4. The van der Waals surface area contributed by atoms with Crippen molar-refractivity contribution in [3.63, 3.8) is 0 Å². The number of piperidine rings is 1. The summed E-state index contributed by atoms with van der Waals surface area (Å²) < 4.78 is 53.4. The van der Waals surface area contributed by atoms with Crippen molar-refractivity contribution < 1.29 is 22.4 Å². The van der Waals surface area contributed by atoms with Gasteiger partial charge in [-0.15, -0.1) is 0 Å². The third-order valence-corrected chi connectivity index (χ3v) is 6.89. The molecule has 196 valence electrons. The Morgan fingerprint density at radius 2 is 1.84 bits per heavy atom. The number of pyridine rings is 1. The number of hydrogen-bond donors (Lipinski definition) is 2. The molecule has 0 bridgehead atoms. The van der Waals surface area contributed by atoms with Gasteiger partial charge in [0.15, 0.2) is 0 Å². The molecule has 1 unspecified atom stereocenters. The first-order chi connectivity index (χ1) is 17.6.